The van der Waals surface area contributed by atoms with E-state index in [9.17, 15) is 10.1 Å². The summed E-state index contributed by atoms with van der Waals surface area (Å²) < 4.78 is 8.30. The Kier molecular flexibility index (Phi) is 5.55. The molecule has 0 atom stereocenters. The zero-order chi connectivity index (χ0) is 20.7. The number of fused-ring (bicyclic) bond motifs is 1. The fraction of sp³-hybridized carbons (Fsp3) is 0.650. The molecule has 0 radical (unpaired) electrons. The minimum Gasteiger partial charge on any atom is -0.414 e. The van der Waals surface area contributed by atoms with E-state index >= 15 is 0 Å². The van der Waals surface area contributed by atoms with Gasteiger partial charge in [-0.05, 0) is 49.9 Å². The molecule has 154 valence electrons. The number of aryl methyl sites for hydroxylation is 1. The number of nitrogens with one attached hydrogen (secondary N) is 1. The van der Waals surface area contributed by atoms with Crippen molar-refractivity contribution in [3.63, 3.8) is 0 Å². The van der Waals surface area contributed by atoms with E-state index in [2.05, 4.69) is 44.3 Å². The van der Waals surface area contributed by atoms with Gasteiger partial charge in [-0.25, -0.2) is 0 Å². The highest BCUT2D eigenvalue weighted by molar-refractivity contribution is 6.74. The van der Waals surface area contributed by atoms with Gasteiger partial charge >= 0.3 is 0 Å². The topological polar surface area (TPSA) is 82.2 Å². The van der Waals surface area contributed by atoms with Crippen molar-refractivity contribution in [3.05, 3.63) is 28.4 Å². The summed E-state index contributed by atoms with van der Waals surface area (Å²) >= 11 is 0. The average molecular weight is 405 g/mol. The molecule has 0 amide bonds. The van der Waals surface area contributed by atoms with Crippen LogP contribution in [0.3, 0.4) is 0 Å². The summed E-state index contributed by atoms with van der Waals surface area (Å²) in [4.78, 5) is 11.2. The van der Waals surface area contributed by atoms with Crippen LogP contribution in [-0.2, 0) is 11.5 Å². The number of hydrogen-bond acceptors (Lipinski definition) is 5. The molecule has 0 spiro atoms. The van der Waals surface area contributed by atoms with Crippen molar-refractivity contribution in [2.24, 2.45) is 7.05 Å². The summed E-state index contributed by atoms with van der Waals surface area (Å²) in [6.07, 6.45) is 5.86. The van der Waals surface area contributed by atoms with E-state index < -0.39 is 8.32 Å². The fourth-order valence-corrected chi connectivity index (χ4v) is 5.02. The van der Waals surface area contributed by atoms with Crippen molar-refractivity contribution < 1.29 is 9.35 Å². The predicted molar refractivity (Wildman–Crippen MR) is 115 cm³/mol. The van der Waals surface area contributed by atoms with E-state index in [1.54, 1.807) is 16.9 Å². The first-order valence-corrected chi connectivity index (χ1v) is 12.9. The second kappa shape index (κ2) is 7.48. The molecule has 0 unspecified atom stereocenters. The first-order chi connectivity index (χ1) is 13.0. The van der Waals surface area contributed by atoms with Gasteiger partial charge in [0.25, 0.3) is 5.69 Å². The van der Waals surface area contributed by atoms with Crippen LogP contribution in [0.2, 0.25) is 18.1 Å². The Labute approximate surface area is 167 Å². The van der Waals surface area contributed by atoms with Crippen molar-refractivity contribution in [2.75, 3.05) is 5.32 Å². The van der Waals surface area contributed by atoms with Gasteiger partial charge in [0.1, 0.15) is 5.69 Å². The third-order valence-electron chi connectivity index (χ3n) is 6.36. The van der Waals surface area contributed by atoms with Crippen LogP contribution in [0.4, 0.5) is 11.4 Å². The molecule has 7 nitrogen and oxygen atoms in total. The molecule has 1 aliphatic carbocycles. The van der Waals surface area contributed by atoms with Crippen LogP contribution >= 0.6 is 0 Å². The van der Waals surface area contributed by atoms with Crippen molar-refractivity contribution in [3.8, 4) is 0 Å². The van der Waals surface area contributed by atoms with Crippen molar-refractivity contribution in [2.45, 2.75) is 76.7 Å². The molecule has 8 heteroatoms. The molecular weight excluding hydrogens is 372 g/mol. The normalized spacial score (nSPS) is 21.1. The van der Waals surface area contributed by atoms with Crippen LogP contribution in [0.1, 0.15) is 46.5 Å². The molecule has 1 aromatic carbocycles. The van der Waals surface area contributed by atoms with E-state index in [-0.39, 0.29) is 21.7 Å². The number of nitro groups is 1. The highest BCUT2D eigenvalue weighted by atomic mass is 28.4. The van der Waals surface area contributed by atoms with Crippen LogP contribution in [0.15, 0.2) is 18.3 Å². The van der Waals surface area contributed by atoms with Gasteiger partial charge in [-0.1, -0.05) is 20.8 Å². The number of rotatable bonds is 5. The maximum absolute atomic E-state index is 11.5. The number of anilines is 1. The van der Waals surface area contributed by atoms with Gasteiger partial charge in [0.05, 0.1) is 16.6 Å². The minimum atomic E-state index is -1.76. The minimum absolute atomic E-state index is 0.111. The summed E-state index contributed by atoms with van der Waals surface area (Å²) in [5.41, 5.74) is 1.58. The largest absolute Gasteiger partial charge is 0.414 e. The molecule has 0 aliphatic heterocycles. The summed E-state index contributed by atoms with van der Waals surface area (Å²) in [7, 11) is 0.0877. The zero-order valence-electron chi connectivity index (χ0n) is 17.8. The lowest BCUT2D eigenvalue weighted by Gasteiger charge is -2.41. The third kappa shape index (κ3) is 4.22. The third-order valence-corrected chi connectivity index (χ3v) is 10.9. The van der Waals surface area contributed by atoms with Crippen LogP contribution in [-0.4, -0.2) is 35.2 Å². The predicted octanol–water partition coefficient (Wildman–Crippen LogP) is 5.23. The average Bonchev–Trinajstić information content (AvgIpc) is 2.95. The molecule has 1 aromatic heterocycles. The monoisotopic (exact) mass is 404 g/mol. The smallest absolute Gasteiger partial charge is 0.293 e. The van der Waals surface area contributed by atoms with Gasteiger partial charge < -0.3 is 9.74 Å². The number of nitro benzene ring substituents is 1. The fourth-order valence-electron chi connectivity index (χ4n) is 3.59. The highest BCUT2D eigenvalue weighted by Crippen LogP contribution is 2.39. The quantitative estimate of drug-likeness (QED) is 0.419. The first-order valence-electron chi connectivity index (χ1n) is 10.0. The van der Waals surface area contributed by atoms with Gasteiger partial charge in [-0.2, -0.15) is 5.10 Å². The maximum atomic E-state index is 11.5. The molecule has 1 fully saturated rings. The first kappa shape index (κ1) is 20.8. The second-order valence-electron chi connectivity index (χ2n) is 9.45. The SMILES string of the molecule is Cn1ncc2cc([N+](=O)[O-])c(N[C@H]3CC[C@H](O[Si](C)(C)C(C)(C)C)CC3)cc21. The molecule has 0 saturated heterocycles. The molecule has 28 heavy (non-hydrogen) atoms. The van der Waals surface area contributed by atoms with Gasteiger partial charge in [0, 0.05) is 30.6 Å². The Morgan fingerprint density at radius 3 is 2.46 bits per heavy atom. The lowest BCUT2D eigenvalue weighted by molar-refractivity contribution is -0.383. The zero-order valence-corrected chi connectivity index (χ0v) is 18.8. The van der Waals surface area contributed by atoms with Crippen LogP contribution in [0, 0.1) is 10.1 Å². The molecule has 2 aromatic rings. The molecule has 1 heterocycles. The summed E-state index contributed by atoms with van der Waals surface area (Å²) in [5.74, 6) is 0. The Morgan fingerprint density at radius 2 is 1.89 bits per heavy atom. The van der Waals surface area contributed by atoms with E-state index in [1.165, 1.54) is 0 Å². The Morgan fingerprint density at radius 1 is 1.25 bits per heavy atom. The van der Waals surface area contributed by atoms with E-state index in [4.69, 9.17) is 4.43 Å². The van der Waals surface area contributed by atoms with Gasteiger partial charge in [-0.15, -0.1) is 0 Å². The van der Waals surface area contributed by atoms with Gasteiger partial charge in [0.2, 0.25) is 0 Å². The van der Waals surface area contributed by atoms with Gasteiger partial charge in [-0.3, -0.25) is 14.8 Å². The van der Waals surface area contributed by atoms with Crippen LogP contribution in [0.25, 0.3) is 10.9 Å². The maximum Gasteiger partial charge on any atom is 0.293 e. The molecule has 1 aliphatic rings. The Balaban J connectivity index is 1.69. The molecule has 3 rings (SSSR count). The second-order valence-corrected chi connectivity index (χ2v) is 14.2. The number of aromatic nitrogens is 2. The Bertz CT molecular complexity index is 864. The van der Waals surface area contributed by atoms with Crippen molar-refractivity contribution in [1.29, 1.82) is 0 Å². The molecule has 1 saturated carbocycles. The summed E-state index contributed by atoms with van der Waals surface area (Å²) in [5, 5.41) is 20.2. The van der Waals surface area contributed by atoms with E-state index in [0.29, 0.717) is 11.8 Å². The Hall–Kier alpha value is -1.93. The van der Waals surface area contributed by atoms with Crippen LogP contribution < -0.4 is 5.32 Å². The van der Waals surface area contributed by atoms with E-state index in [0.717, 1.165) is 36.6 Å². The van der Waals surface area contributed by atoms with Crippen LogP contribution in [0.5, 0.6) is 0 Å². The lowest BCUT2D eigenvalue weighted by Crippen LogP contribution is -2.45. The highest BCUT2D eigenvalue weighted by Gasteiger charge is 2.39. The number of benzene rings is 1. The summed E-state index contributed by atoms with van der Waals surface area (Å²) in [6, 6.07) is 3.68. The van der Waals surface area contributed by atoms with Crippen molar-refractivity contribution in [1.82, 2.24) is 9.78 Å². The van der Waals surface area contributed by atoms with E-state index in [1.807, 2.05) is 13.1 Å². The van der Waals surface area contributed by atoms with Gasteiger partial charge in [0.15, 0.2) is 8.32 Å². The lowest BCUT2D eigenvalue weighted by atomic mass is 9.93. The number of nitrogens with zero attached hydrogens (tertiary/aromatic N) is 3. The number of hydrogen-bond donors (Lipinski definition) is 1. The molecular formula is C20H32N4O3Si. The molecule has 0 bridgehead atoms. The standard InChI is InChI=1S/C20H32N4O3Si/c1-20(2,3)28(5,6)27-16-9-7-15(8-10-16)22-17-12-18-14(13-21-23(18)4)11-19(17)24(25)26/h11-13,15-16,22H,7-10H2,1-6H3/t15-,16-. The van der Waals surface area contributed by atoms with Crippen molar-refractivity contribution >= 4 is 30.6 Å². The molecule has 1 N–H and O–H groups in total. The summed E-state index contributed by atoms with van der Waals surface area (Å²) in [6.45, 7) is 11.4.